The third-order valence-corrected chi connectivity index (χ3v) is 2.68. The minimum absolute atomic E-state index is 0.182. The monoisotopic (exact) mass is 261 g/mol. The highest BCUT2D eigenvalue weighted by Gasteiger charge is 2.10. The van der Waals surface area contributed by atoms with Crippen LogP contribution in [-0.2, 0) is 20.0 Å². The fourth-order valence-corrected chi connectivity index (χ4v) is 1.77. The SMILES string of the molecule is CCc1nn(C)cc1CNC(=O)c1ccc(=O)[nH]n1. The van der Waals surface area contributed by atoms with Gasteiger partial charge < -0.3 is 5.32 Å². The molecule has 0 bridgehead atoms. The highest BCUT2D eigenvalue weighted by Crippen LogP contribution is 2.06. The van der Waals surface area contributed by atoms with Gasteiger partial charge in [0.05, 0.1) is 5.69 Å². The number of nitrogens with zero attached hydrogens (tertiary/aromatic N) is 3. The lowest BCUT2D eigenvalue weighted by Crippen LogP contribution is -2.25. The van der Waals surface area contributed by atoms with Gasteiger partial charge >= 0.3 is 0 Å². The number of rotatable bonds is 4. The standard InChI is InChI=1S/C12H15N5O2/c1-3-9-8(7-17(2)16-9)6-13-12(19)10-4-5-11(18)15-14-10/h4-5,7H,3,6H2,1-2H3,(H,13,19)(H,15,18). The lowest BCUT2D eigenvalue weighted by molar-refractivity contribution is 0.0944. The zero-order valence-electron chi connectivity index (χ0n) is 10.8. The summed E-state index contributed by atoms with van der Waals surface area (Å²) in [7, 11) is 1.84. The van der Waals surface area contributed by atoms with Crippen LogP contribution >= 0.6 is 0 Å². The Morgan fingerprint density at radius 3 is 2.89 bits per heavy atom. The van der Waals surface area contributed by atoms with E-state index in [1.54, 1.807) is 4.68 Å². The third kappa shape index (κ3) is 3.06. The molecule has 0 fully saturated rings. The normalized spacial score (nSPS) is 10.4. The van der Waals surface area contributed by atoms with Gasteiger partial charge in [0.1, 0.15) is 5.69 Å². The number of hydrogen-bond acceptors (Lipinski definition) is 4. The van der Waals surface area contributed by atoms with Crippen LogP contribution in [0.2, 0.25) is 0 Å². The molecule has 100 valence electrons. The van der Waals surface area contributed by atoms with Crippen molar-refractivity contribution in [2.75, 3.05) is 0 Å². The van der Waals surface area contributed by atoms with E-state index in [0.29, 0.717) is 6.54 Å². The molecular formula is C12H15N5O2. The Morgan fingerprint density at radius 2 is 2.26 bits per heavy atom. The van der Waals surface area contributed by atoms with E-state index in [-0.39, 0.29) is 17.2 Å². The molecule has 0 atom stereocenters. The van der Waals surface area contributed by atoms with E-state index in [4.69, 9.17) is 0 Å². The summed E-state index contributed by atoms with van der Waals surface area (Å²) in [5, 5.41) is 12.9. The maximum atomic E-state index is 11.8. The average molecular weight is 261 g/mol. The van der Waals surface area contributed by atoms with Gasteiger partial charge in [0, 0.05) is 31.4 Å². The molecule has 2 heterocycles. The third-order valence-electron chi connectivity index (χ3n) is 2.68. The van der Waals surface area contributed by atoms with Crippen molar-refractivity contribution < 1.29 is 4.79 Å². The van der Waals surface area contributed by atoms with Gasteiger partial charge in [-0.3, -0.25) is 14.3 Å². The number of hydrogen-bond donors (Lipinski definition) is 2. The Morgan fingerprint density at radius 1 is 1.47 bits per heavy atom. The molecule has 0 unspecified atom stereocenters. The van der Waals surface area contributed by atoms with Gasteiger partial charge in [-0.05, 0) is 12.5 Å². The first-order valence-corrected chi connectivity index (χ1v) is 5.95. The Balaban J connectivity index is 2.04. The van der Waals surface area contributed by atoms with E-state index < -0.39 is 0 Å². The fraction of sp³-hybridized carbons (Fsp3) is 0.333. The molecule has 2 N–H and O–H groups in total. The van der Waals surface area contributed by atoms with Crippen molar-refractivity contribution in [2.24, 2.45) is 7.05 Å². The molecule has 0 radical (unpaired) electrons. The van der Waals surface area contributed by atoms with Gasteiger partial charge in [0.2, 0.25) is 0 Å². The van der Waals surface area contributed by atoms with Crippen LogP contribution in [0, 0.1) is 0 Å². The number of nitrogens with one attached hydrogen (secondary N) is 2. The van der Waals surface area contributed by atoms with Gasteiger partial charge in [-0.15, -0.1) is 0 Å². The van der Waals surface area contributed by atoms with Crippen molar-refractivity contribution in [3.8, 4) is 0 Å². The van der Waals surface area contributed by atoms with Crippen LogP contribution in [0.1, 0.15) is 28.7 Å². The van der Waals surface area contributed by atoms with Crippen LogP contribution in [0.15, 0.2) is 23.1 Å². The number of carbonyl (C=O) groups excluding carboxylic acids is 1. The molecule has 7 heteroatoms. The van der Waals surface area contributed by atoms with E-state index in [9.17, 15) is 9.59 Å². The molecule has 0 spiro atoms. The second-order valence-corrected chi connectivity index (χ2v) is 4.12. The highest BCUT2D eigenvalue weighted by atomic mass is 16.2. The van der Waals surface area contributed by atoms with Crippen LogP contribution in [-0.4, -0.2) is 25.9 Å². The zero-order chi connectivity index (χ0) is 13.8. The smallest absolute Gasteiger partial charge is 0.271 e. The maximum Gasteiger partial charge on any atom is 0.271 e. The van der Waals surface area contributed by atoms with Gasteiger partial charge in [0.15, 0.2) is 0 Å². The highest BCUT2D eigenvalue weighted by molar-refractivity contribution is 5.91. The predicted octanol–water partition coefficient (Wildman–Crippen LogP) is -0.00420. The van der Waals surface area contributed by atoms with Crippen molar-refractivity contribution >= 4 is 5.91 Å². The van der Waals surface area contributed by atoms with Crippen LogP contribution < -0.4 is 10.9 Å². The number of carbonyl (C=O) groups is 1. The topological polar surface area (TPSA) is 92.7 Å². The second-order valence-electron chi connectivity index (χ2n) is 4.12. The van der Waals surface area contributed by atoms with E-state index in [2.05, 4.69) is 20.6 Å². The number of aryl methyl sites for hydroxylation is 2. The summed E-state index contributed by atoms with van der Waals surface area (Å²) in [5.41, 5.74) is 1.78. The van der Waals surface area contributed by atoms with Crippen molar-refractivity contribution in [3.63, 3.8) is 0 Å². The van der Waals surface area contributed by atoms with Gasteiger partial charge in [-0.25, -0.2) is 5.10 Å². The molecular weight excluding hydrogens is 246 g/mol. The van der Waals surface area contributed by atoms with Crippen LogP contribution in [0.25, 0.3) is 0 Å². The van der Waals surface area contributed by atoms with E-state index in [1.165, 1.54) is 12.1 Å². The zero-order valence-corrected chi connectivity index (χ0v) is 10.8. The summed E-state index contributed by atoms with van der Waals surface area (Å²) in [4.78, 5) is 22.7. The Hall–Kier alpha value is -2.44. The molecule has 0 aliphatic heterocycles. The summed E-state index contributed by atoms with van der Waals surface area (Å²) in [6.45, 7) is 2.40. The van der Waals surface area contributed by atoms with Gasteiger partial charge in [0.25, 0.3) is 11.5 Å². The lowest BCUT2D eigenvalue weighted by Gasteiger charge is -2.03. The minimum Gasteiger partial charge on any atom is -0.346 e. The number of amides is 1. The molecule has 2 aromatic rings. The number of aromatic amines is 1. The van der Waals surface area contributed by atoms with Crippen molar-refractivity contribution in [3.05, 3.63) is 45.6 Å². The van der Waals surface area contributed by atoms with E-state index >= 15 is 0 Å². The maximum absolute atomic E-state index is 11.8. The summed E-state index contributed by atoms with van der Waals surface area (Å²) >= 11 is 0. The molecule has 0 aliphatic carbocycles. The quantitative estimate of drug-likeness (QED) is 0.810. The predicted molar refractivity (Wildman–Crippen MR) is 68.6 cm³/mol. The average Bonchev–Trinajstić information content (AvgIpc) is 2.77. The van der Waals surface area contributed by atoms with E-state index in [0.717, 1.165) is 17.7 Å². The fourth-order valence-electron chi connectivity index (χ4n) is 1.77. The Bertz CT molecular complexity index is 623. The summed E-state index contributed by atoms with van der Waals surface area (Å²) in [6.07, 6.45) is 2.68. The minimum atomic E-state index is -0.336. The first-order valence-electron chi connectivity index (χ1n) is 5.95. The molecule has 1 amide bonds. The van der Waals surface area contributed by atoms with Crippen LogP contribution in [0.3, 0.4) is 0 Å². The molecule has 0 aliphatic rings. The van der Waals surface area contributed by atoms with Gasteiger partial charge in [-0.2, -0.15) is 10.2 Å². The van der Waals surface area contributed by atoms with Gasteiger partial charge in [-0.1, -0.05) is 6.92 Å². The van der Waals surface area contributed by atoms with Crippen molar-refractivity contribution in [1.29, 1.82) is 0 Å². The molecule has 0 aromatic carbocycles. The Labute approximate surface area is 109 Å². The van der Waals surface area contributed by atoms with Crippen molar-refractivity contribution in [1.82, 2.24) is 25.3 Å². The van der Waals surface area contributed by atoms with E-state index in [1.807, 2.05) is 20.2 Å². The van der Waals surface area contributed by atoms with Crippen molar-refractivity contribution in [2.45, 2.75) is 19.9 Å². The summed E-state index contributed by atoms with van der Waals surface area (Å²) in [6, 6.07) is 2.65. The van der Waals surface area contributed by atoms with Crippen LogP contribution in [0.4, 0.5) is 0 Å². The largest absolute Gasteiger partial charge is 0.346 e. The summed E-state index contributed by atoms with van der Waals surface area (Å²) in [5.74, 6) is -0.331. The molecule has 19 heavy (non-hydrogen) atoms. The molecule has 0 saturated heterocycles. The molecule has 2 rings (SSSR count). The molecule has 0 saturated carbocycles. The Kier molecular flexibility index (Phi) is 3.74. The molecule has 7 nitrogen and oxygen atoms in total. The van der Waals surface area contributed by atoms with Crippen LogP contribution in [0.5, 0.6) is 0 Å². The first kappa shape index (κ1) is 13.0. The first-order chi connectivity index (χ1) is 9.10. The molecule has 2 aromatic heterocycles. The summed E-state index contributed by atoms with van der Waals surface area (Å²) < 4.78 is 1.72. The lowest BCUT2D eigenvalue weighted by atomic mass is 10.2. The second kappa shape index (κ2) is 5.47. The number of H-pyrrole nitrogens is 1. The number of aromatic nitrogens is 4.